The van der Waals surface area contributed by atoms with E-state index in [-0.39, 0.29) is 12.7 Å². The van der Waals surface area contributed by atoms with Crippen LogP contribution in [0.15, 0.2) is 22.9 Å². The van der Waals surface area contributed by atoms with Crippen molar-refractivity contribution in [2.75, 3.05) is 0 Å². The molecule has 0 unspecified atom stereocenters. The Morgan fingerprint density at radius 1 is 1.50 bits per heavy atom. The number of hydrogen-bond donors (Lipinski definition) is 0. The number of fused-ring (bicyclic) bond motifs is 1. The van der Waals surface area contributed by atoms with Crippen molar-refractivity contribution < 1.29 is 9.53 Å². The van der Waals surface area contributed by atoms with E-state index in [1.165, 1.54) is 0 Å². The Hall–Kier alpha value is -1.43. The van der Waals surface area contributed by atoms with Crippen LogP contribution in [-0.4, -0.2) is 20.7 Å². The highest BCUT2D eigenvalue weighted by molar-refractivity contribution is 9.10. The van der Waals surface area contributed by atoms with Crippen molar-refractivity contribution in [3.05, 3.63) is 22.9 Å². The minimum absolute atomic E-state index is 0.144. The smallest absolute Gasteiger partial charge is 0.312 e. The van der Waals surface area contributed by atoms with E-state index in [0.717, 1.165) is 9.86 Å². The van der Waals surface area contributed by atoms with Gasteiger partial charge in [-0.25, -0.2) is 0 Å². The zero-order valence-electron chi connectivity index (χ0n) is 10.5. The van der Waals surface area contributed by atoms with E-state index in [2.05, 4.69) is 26.1 Å². The van der Waals surface area contributed by atoms with Gasteiger partial charge in [0.05, 0.1) is 11.6 Å². The first-order valence-corrected chi connectivity index (χ1v) is 6.32. The van der Waals surface area contributed by atoms with Crippen LogP contribution in [0.25, 0.3) is 11.0 Å². The normalized spacial score (nSPS) is 11.8. The summed E-state index contributed by atoms with van der Waals surface area (Å²) >= 11 is 3.40. The molecule has 5 nitrogen and oxygen atoms in total. The van der Waals surface area contributed by atoms with Gasteiger partial charge in [-0.15, -0.1) is 5.10 Å². The molecule has 0 aliphatic carbocycles. The lowest BCUT2D eigenvalue weighted by Crippen LogP contribution is -2.23. The largest absolute Gasteiger partial charge is 0.443 e. The van der Waals surface area contributed by atoms with E-state index in [1.807, 2.05) is 33.0 Å². The van der Waals surface area contributed by atoms with Crippen molar-refractivity contribution in [2.45, 2.75) is 27.5 Å². The Kier molecular flexibility index (Phi) is 3.38. The highest BCUT2D eigenvalue weighted by atomic mass is 79.9. The molecular weight excluding hydrogens is 298 g/mol. The van der Waals surface area contributed by atoms with Gasteiger partial charge < -0.3 is 4.74 Å². The van der Waals surface area contributed by atoms with E-state index in [0.29, 0.717) is 5.65 Å². The molecule has 2 aromatic heterocycles. The summed E-state index contributed by atoms with van der Waals surface area (Å²) in [5.41, 5.74) is 0.181. The topological polar surface area (TPSA) is 57.0 Å². The molecular formula is C12H14BrN3O2. The van der Waals surface area contributed by atoms with Gasteiger partial charge in [0.25, 0.3) is 0 Å². The minimum Gasteiger partial charge on any atom is -0.443 e. The third kappa shape index (κ3) is 2.53. The number of rotatable bonds is 2. The van der Waals surface area contributed by atoms with Crippen LogP contribution in [0.2, 0.25) is 0 Å². The van der Waals surface area contributed by atoms with Crippen LogP contribution in [0.3, 0.4) is 0 Å². The third-order valence-electron chi connectivity index (χ3n) is 2.46. The molecule has 0 bridgehead atoms. The van der Waals surface area contributed by atoms with Gasteiger partial charge in [-0.05, 0) is 42.8 Å². The lowest BCUT2D eigenvalue weighted by molar-refractivity contribution is -0.156. The van der Waals surface area contributed by atoms with Crippen molar-refractivity contribution in [2.24, 2.45) is 5.41 Å². The Morgan fingerprint density at radius 2 is 2.22 bits per heavy atom. The molecule has 2 aromatic rings. The average Bonchev–Trinajstić information content (AvgIpc) is 2.69. The standard InChI is InChI=1S/C12H14BrN3O2/c1-12(2,3)11(17)18-7-16-5-4-8-9(13)6-14-15-10(8)16/h4-6H,7H2,1-3H3. The average molecular weight is 312 g/mol. The van der Waals surface area contributed by atoms with E-state index in [4.69, 9.17) is 4.74 Å². The van der Waals surface area contributed by atoms with Crippen molar-refractivity contribution in [1.29, 1.82) is 0 Å². The monoisotopic (exact) mass is 311 g/mol. The van der Waals surface area contributed by atoms with Gasteiger partial charge in [-0.1, -0.05) is 0 Å². The van der Waals surface area contributed by atoms with Crippen LogP contribution >= 0.6 is 15.9 Å². The van der Waals surface area contributed by atoms with Gasteiger partial charge in [0.2, 0.25) is 0 Å². The number of aromatic nitrogens is 3. The number of carbonyl (C=O) groups is 1. The van der Waals surface area contributed by atoms with Crippen molar-refractivity contribution in [1.82, 2.24) is 14.8 Å². The second-order valence-electron chi connectivity index (χ2n) is 5.03. The van der Waals surface area contributed by atoms with Gasteiger partial charge in [-0.3, -0.25) is 9.36 Å². The predicted octanol–water partition coefficient (Wildman–Crippen LogP) is 2.74. The fraction of sp³-hybridized carbons (Fsp3) is 0.417. The molecule has 2 heterocycles. The van der Waals surface area contributed by atoms with Crippen molar-refractivity contribution >= 4 is 32.9 Å². The van der Waals surface area contributed by atoms with E-state index < -0.39 is 5.41 Å². The summed E-state index contributed by atoms with van der Waals surface area (Å²) in [6, 6.07) is 1.90. The summed E-state index contributed by atoms with van der Waals surface area (Å²) in [5.74, 6) is -0.243. The van der Waals surface area contributed by atoms with E-state index in [9.17, 15) is 4.79 Å². The highest BCUT2D eigenvalue weighted by Gasteiger charge is 2.23. The lowest BCUT2D eigenvalue weighted by Gasteiger charge is -2.16. The van der Waals surface area contributed by atoms with Gasteiger partial charge in [-0.2, -0.15) is 5.10 Å². The molecule has 0 atom stereocenters. The first-order chi connectivity index (χ1) is 8.39. The van der Waals surface area contributed by atoms with Gasteiger partial charge in [0.15, 0.2) is 12.4 Å². The molecule has 0 aromatic carbocycles. The van der Waals surface area contributed by atoms with Crippen LogP contribution in [0.1, 0.15) is 20.8 Å². The maximum Gasteiger partial charge on any atom is 0.312 e. The SMILES string of the molecule is CC(C)(C)C(=O)OCn1ccc2c(Br)cnnc21. The maximum absolute atomic E-state index is 11.7. The van der Waals surface area contributed by atoms with Crippen molar-refractivity contribution in [3.8, 4) is 0 Å². The van der Waals surface area contributed by atoms with Crippen LogP contribution in [-0.2, 0) is 16.3 Å². The van der Waals surface area contributed by atoms with Gasteiger partial charge >= 0.3 is 5.97 Å². The molecule has 0 saturated carbocycles. The number of carbonyl (C=O) groups excluding carboxylic acids is 1. The molecule has 0 saturated heterocycles. The fourth-order valence-corrected chi connectivity index (χ4v) is 1.82. The zero-order valence-corrected chi connectivity index (χ0v) is 12.1. The number of halogens is 1. The Bertz CT molecular complexity index is 587. The van der Waals surface area contributed by atoms with E-state index >= 15 is 0 Å². The van der Waals surface area contributed by atoms with Crippen LogP contribution in [0, 0.1) is 5.41 Å². The molecule has 0 radical (unpaired) electrons. The summed E-state index contributed by atoms with van der Waals surface area (Å²) in [5, 5.41) is 8.84. The lowest BCUT2D eigenvalue weighted by atomic mass is 9.98. The van der Waals surface area contributed by atoms with E-state index in [1.54, 1.807) is 10.8 Å². The molecule has 0 aliphatic heterocycles. The summed E-state index contributed by atoms with van der Waals surface area (Å²) in [6.45, 7) is 5.60. The molecule has 2 rings (SSSR count). The molecule has 6 heteroatoms. The fourth-order valence-electron chi connectivity index (χ4n) is 1.41. The molecule has 0 aliphatic rings. The first-order valence-electron chi connectivity index (χ1n) is 5.53. The Balaban J connectivity index is 2.19. The highest BCUT2D eigenvalue weighted by Crippen LogP contribution is 2.22. The number of hydrogen-bond acceptors (Lipinski definition) is 4. The summed E-state index contributed by atoms with van der Waals surface area (Å²) in [7, 11) is 0. The maximum atomic E-state index is 11.7. The van der Waals surface area contributed by atoms with Crippen LogP contribution < -0.4 is 0 Å². The first kappa shape index (κ1) is 13.0. The Morgan fingerprint density at radius 3 is 2.89 bits per heavy atom. The zero-order chi connectivity index (χ0) is 13.3. The van der Waals surface area contributed by atoms with Gasteiger partial charge in [0, 0.05) is 16.1 Å². The Labute approximate surface area is 113 Å². The number of ether oxygens (including phenoxy) is 1. The molecule has 0 spiro atoms. The molecule has 96 valence electrons. The van der Waals surface area contributed by atoms with Gasteiger partial charge in [0.1, 0.15) is 0 Å². The predicted molar refractivity (Wildman–Crippen MR) is 70.8 cm³/mol. The summed E-state index contributed by atoms with van der Waals surface area (Å²) < 4.78 is 7.86. The summed E-state index contributed by atoms with van der Waals surface area (Å²) in [4.78, 5) is 11.7. The quantitative estimate of drug-likeness (QED) is 0.800. The molecule has 0 fully saturated rings. The molecule has 18 heavy (non-hydrogen) atoms. The second kappa shape index (κ2) is 4.68. The van der Waals surface area contributed by atoms with Crippen LogP contribution in [0.4, 0.5) is 0 Å². The molecule has 0 amide bonds. The van der Waals surface area contributed by atoms with Crippen LogP contribution in [0.5, 0.6) is 0 Å². The number of esters is 1. The molecule has 0 N–H and O–H groups in total. The van der Waals surface area contributed by atoms with Crippen molar-refractivity contribution in [3.63, 3.8) is 0 Å². The summed E-state index contributed by atoms with van der Waals surface area (Å²) in [6.07, 6.45) is 3.45. The second-order valence-corrected chi connectivity index (χ2v) is 5.88. The number of nitrogens with zero attached hydrogens (tertiary/aromatic N) is 3. The minimum atomic E-state index is -0.505. The third-order valence-corrected chi connectivity index (χ3v) is 3.09.